The van der Waals surface area contributed by atoms with Crippen LogP contribution < -0.4 is 20.3 Å². The van der Waals surface area contributed by atoms with Crippen LogP contribution in [-0.4, -0.2) is 60.7 Å². The molecule has 0 spiro atoms. The lowest BCUT2D eigenvalue weighted by Gasteiger charge is -2.31. The second kappa shape index (κ2) is 13.7. The fourth-order valence-electron chi connectivity index (χ4n) is 4.46. The Labute approximate surface area is 236 Å². The van der Waals surface area contributed by atoms with E-state index in [0.717, 1.165) is 23.4 Å². The summed E-state index contributed by atoms with van der Waals surface area (Å²) in [5.74, 6) is 0.505. The van der Waals surface area contributed by atoms with E-state index in [2.05, 4.69) is 15.8 Å². The van der Waals surface area contributed by atoms with Crippen molar-refractivity contribution in [1.29, 1.82) is 0 Å². The summed E-state index contributed by atoms with van der Waals surface area (Å²) < 4.78 is 10.3. The van der Waals surface area contributed by atoms with Gasteiger partial charge in [-0.1, -0.05) is 12.1 Å². The minimum atomic E-state index is -0.490. The lowest BCUT2D eigenvalue weighted by atomic mass is 9.97. The molecule has 1 aliphatic heterocycles. The molecule has 0 atom stereocenters. The number of methoxy groups -OCH3 is 2. The molecule has 1 aliphatic rings. The van der Waals surface area contributed by atoms with Gasteiger partial charge in [0.25, 0.3) is 5.91 Å². The first kappa shape index (κ1) is 28.8. The van der Waals surface area contributed by atoms with Gasteiger partial charge in [0.05, 0.1) is 25.6 Å². The third-order valence-electron chi connectivity index (χ3n) is 6.74. The summed E-state index contributed by atoms with van der Waals surface area (Å²) >= 11 is 1.39. The molecule has 1 aromatic heterocycles. The van der Waals surface area contributed by atoms with Gasteiger partial charge in [-0.2, -0.15) is 0 Å². The Hall–Kier alpha value is -4.25. The van der Waals surface area contributed by atoms with Crippen molar-refractivity contribution in [2.45, 2.75) is 38.0 Å². The Morgan fingerprint density at radius 1 is 0.950 bits per heavy atom. The zero-order valence-electron chi connectivity index (χ0n) is 22.5. The van der Waals surface area contributed by atoms with Crippen molar-refractivity contribution in [3.63, 3.8) is 0 Å². The number of nitrogens with zero attached hydrogens (tertiary/aromatic N) is 2. The van der Waals surface area contributed by atoms with Crippen molar-refractivity contribution in [2.24, 2.45) is 0 Å². The van der Waals surface area contributed by atoms with Crippen molar-refractivity contribution in [2.75, 3.05) is 27.3 Å². The first-order valence-electron chi connectivity index (χ1n) is 13.0. The van der Waals surface area contributed by atoms with E-state index in [-0.39, 0.29) is 48.5 Å². The van der Waals surface area contributed by atoms with Crippen LogP contribution in [-0.2, 0) is 16.0 Å². The van der Waals surface area contributed by atoms with Gasteiger partial charge in [-0.05, 0) is 54.8 Å². The Morgan fingerprint density at radius 3 is 2.38 bits per heavy atom. The SMILES string of the molecule is COc1ccc(C(=O)CCC(=O)N2CCC(c3nc(C(=O)NNC(=O)Cc4cccc(OC)c4)cs3)CC2)cc1. The molecule has 2 heterocycles. The van der Waals surface area contributed by atoms with Crippen LogP contribution in [0.3, 0.4) is 0 Å². The van der Waals surface area contributed by atoms with Gasteiger partial charge in [0, 0.05) is 42.8 Å². The lowest BCUT2D eigenvalue weighted by molar-refractivity contribution is -0.132. The number of ether oxygens (including phenoxy) is 2. The highest BCUT2D eigenvalue weighted by molar-refractivity contribution is 7.09. The van der Waals surface area contributed by atoms with Crippen LogP contribution in [0, 0.1) is 0 Å². The van der Waals surface area contributed by atoms with E-state index in [4.69, 9.17) is 9.47 Å². The molecule has 0 saturated carbocycles. The number of aromatic nitrogens is 1. The summed E-state index contributed by atoms with van der Waals surface area (Å²) in [5.41, 5.74) is 6.39. The molecular weight excluding hydrogens is 532 g/mol. The van der Waals surface area contributed by atoms with E-state index in [1.54, 1.807) is 73.0 Å². The molecule has 0 radical (unpaired) electrons. The minimum absolute atomic E-state index is 0.0378. The van der Waals surface area contributed by atoms with Gasteiger partial charge in [0.2, 0.25) is 11.8 Å². The Morgan fingerprint density at radius 2 is 1.68 bits per heavy atom. The second-order valence-electron chi connectivity index (χ2n) is 9.41. The first-order valence-corrected chi connectivity index (χ1v) is 13.9. The van der Waals surface area contributed by atoms with E-state index in [0.29, 0.717) is 30.2 Å². The lowest BCUT2D eigenvalue weighted by Crippen LogP contribution is -2.42. The number of ketones is 1. The number of amides is 3. The number of hydrogen-bond donors (Lipinski definition) is 2. The van der Waals surface area contributed by atoms with Gasteiger partial charge >= 0.3 is 0 Å². The molecule has 0 bridgehead atoms. The van der Waals surface area contributed by atoms with Crippen LogP contribution in [0.25, 0.3) is 0 Å². The number of carbonyl (C=O) groups excluding carboxylic acids is 4. The molecule has 4 rings (SSSR count). The number of Topliss-reactive ketones (excluding diaryl/α,β-unsaturated/α-hetero) is 1. The quantitative estimate of drug-likeness (QED) is 0.285. The first-order chi connectivity index (χ1) is 19.4. The maximum atomic E-state index is 12.7. The predicted molar refractivity (Wildman–Crippen MR) is 150 cm³/mol. The number of hydrazine groups is 1. The standard InChI is InChI=1S/C29H32N4O6S/c1-38-22-8-6-20(7-9-22)25(34)10-11-27(36)33-14-12-21(13-15-33)29-30-24(18-40-29)28(37)32-31-26(35)17-19-4-3-5-23(16-19)39-2/h3-9,16,18,21H,10-15,17H2,1-2H3,(H,31,35)(H,32,37). The fraction of sp³-hybridized carbons (Fsp3) is 0.345. The van der Waals surface area contributed by atoms with Crippen molar-refractivity contribution < 1.29 is 28.7 Å². The topological polar surface area (TPSA) is 127 Å². The van der Waals surface area contributed by atoms with Gasteiger partial charge in [0.15, 0.2) is 5.78 Å². The van der Waals surface area contributed by atoms with Crippen LogP contribution in [0.15, 0.2) is 53.9 Å². The highest BCUT2D eigenvalue weighted by atomic mass is 32.1. The normalized spacial score (nSPS) is 13.4. The highest BCUT2D eigenvalue weighted by Crippen LogP contribution is 2.30. The Balaban J connectivity index is 1.19. The molecule has 1 saturated heterocycles. The second-order valence-corrected chi connectivity index (χ2v) is 10.3. The zero-order chi connectivity index (χ0) is 28.5. The number of hydrogen-bond acceptors (Lipinski definition) is 8. The smallest absolute Gasteiger partial charge is 0.289 e. The molecule has 0 aliphatic carbocycles. The number of likely N-dealkylation sites (tertiary alicyclic amines) is 1. The summed E-state index contributed by atoms with van der Waals surface area (Å²) in [6.07, 6.45) is 1.87. The maximum absolute atomic E-state index is 12.7. The van der Waals surface area contributed by atoms with Gasteiger partial charge in [0.1, 0.15) is 17.2 Å². The average Bonchev–Trinajstić information content (AvgIpc) is 3.49. The summed E-state index contributed by atoms with van der Waals surface area (Å²) in [6, 6.07) is 14.0. The van der Waals surface area contributed by atoms with Crippen LogP contribution in [0.1, 0.15) is 63.0 Å². The fourth-order valence-corrected chi connectivity index (χ4v) is 5.43. The molecule has 2 N–H and O–H groups in total. The van der Waals surface area contributed by atoms with E-state index >= 15 is 0 Å². The van der Waals surface area contributed by atoms with E-state index in [9.17, 15) is 19.2 Å². The Bertz CT molecular complexity index is 1350. The summed E-state index contributed by atoms with van der Waals surface area (Å²) in [7, 11) is 3.12. The highest BCUT2D eigenvalue weighted by Gasteiger charge is 2.26. The molecule has 210 valence electrons. The third kappa shape index (κ3) is 7.66. The van der Waals surface area contributed by atoms with E-state index in [1.165, 1.54) is 11.3 Å². The van der Waals surface area contributed by atoms with Crippen LogP contribution in [0.2, 0.25) is 0 Å². The van der Waals surface area contributed by atoms with Gasteiger partial charge < -0.3 is 14.4 Å². The number of rotatable bonds is 10. The molecular formula is C29H32N4O6S. The van der Waals surface area contributed by atoms with Crippen LogP contribution >= 0.6 is 11.3 Å². The predicted octanol–water partition coefficient (Wildman–Crippen LogP) is 3.53. The van der Waals surface area contributed by atoms with Crippen molar-refractivity contribution in [1.82, 2.24) is 20.7 Å². The number of piperidine rings is 1. The summed E-state index contributed by atoms with van der Waals surface area (Å²) in [6.45, 7) is 1.14. The molecule has 3 aromatic rings. The summed E-state index contributed by atoms with van der Waals surface area (Å²) in [5, 5.41) is 2.50. The molecule has 1 fully saturated rings. The van der Waals surface area contributed by atoms with Gasteiger partial charge in [-0.15, -0.1) is 11.3 Å². The number of benzene rings is 2. The van der Waals surface area contributed by atoms with E-state index < -0.39 is 5.91 Å². The van der Waals surface area contributed by atoms with Crippen LogP contribution in [0.5, 0.6) is 11.5 Å². The van der Waals surface area contributed by atoms with Crippen molar-refractivity contribution in [3.05, 3.63) is 75.7 Å². The monoisotopic (exact) mass is 564 g/mol. The van der Waals surface area contributed by atoms with Gasteiger partial charge in [-0.3, -0.25) is 30.0 Å². The van der Waals surface area contributed by atoms with E-state index in [1.807, 2.05) is 0 Å². The number of carbonyl (C=O) groups is 4. The zero-order valence-corrected chi connectivity index (χ0v) is 23.3. The maximum Gasteiger partial charge on any atom is 0.289 e. The van der Waals surface area contributed by atoms with Gasteiger partial charge in [-0.25, -0.2) is 4.98 Å². The Kier molecular flexibility index (Phi) is 9.85. The molecule has 11 heteroatoms. The molecule has 40 heavy (non-hydrogen) atoms. The minimum Gasteiger partial charge on any atom is -0.497 e. The number of thiazole rings is 1. The molecule has 0 unspecified atom stereocenters. The number of nitrogens with one attached hydrogen (secondary N) is 2. The van der Waals surface area contributed by atoms with Crippen LogP contribution in [0.4, 0.5) is 0 Å². The molecule has 2 aromatic carbocycles. The average molecular weight is 565 g/mol. The van der Waals surface area contributed by atoms with Crippen molar-refractivity contribution >= 4 is 34.8 Å². The molecule has 3 amide bonds. The van der Waals surface area contributed by atoms with Crippen molar-refractivity contribution in [3.8, 4) is 11.5 Å². The third-order valence-corrected chi connectivity index (χ3v) is 7.75. The largest absolute Gasteiger partial charge is 0.497 e. The summed E-state index contributed by atoms with van der Waals surface area (Å²) in [4.78, 5) is 56.1. The molecule has 10 nitrogen and oxygen atoms in total.